The highest BCUT2D eigenvalue weighted by atomic mass is 15.1. The number of rotatable bonds is 4. The summed E-state index contributed by atoms with van der Waals surface area (Å²) >= 11 is 0. The fraction of sp³-hybridized carbons (Fsp3) is 0.333. The van der Waals surface area contributed by atoms with Crippen molar-refractivity contribution in [3.8, 4) is 0 Å². The fourth-order valence-electron chi connectivity index (χ4n) is 3.08. The lowest BCUT2D eigenvalue weighted by Gasteiger charge is -2.32. The Balaban J connectivity index is 1.64. The molecule has 2 nitrogen and oxygen atoms in total. The third kappa shape index (κ3) is 2.79. The molecule has 0 spiro atoms. The zero-order valence-electron chi connectivity index (χ0n) is 11.9. The van der Waals surface area contributed by atoms with E-state index in [1.807, 2.05) is 6.07 Å². The first-order chi connectivity index (χ1) is 9.84. The molecule has 1 aliphatic heterocycles. The molecule has 0 amide bonds. The number of hydrogen-bond acceptors (Lipinski definition) is 2. The van der Waals surface area contributed by atoms with E-state index in [2.05, 4.69) is 47.4 Å². The molecule has 0 aliphatic carbocycles. The van der Waals surface area contributed by atoms with E-state index in [-0.39, 0.29) is 0 Å². The van der Waals surface area contributed by atoms with Crippen LogP contribution in [0.15, 0.2) is 48.5 Å². The smallest absolute Gasteiger partial charge is 0.0419 e. The van der Waals surface area contributed by atoms with Crippen molar-refractivity contribution in [2.75, 3.05) is 23.7 Å². The molecule has 1 aliphatic rings. The maximum Gasteiger partial charge on any atom is 0.0419 e. The molecule has 2 aromatic rings. The zero-order valence-corrected chi connectivity index (χ0v) is 11.9. The Morgan fingerprint density at radius 1 is 1.00 bits per heavy atom. The van der Waals surface area contributed by atoms with Gasteiger partial charge in [0.05, 0.1) is 0 Å². The van der Waals surface area contributed by atoms with Gasteiger partial charge in [0.2, 0.25) is 0 Å². The van der Waals surface area contributed by atoms with Gasteiger partial charge in [0.15, 0.2) is 0 Å². The number of nitrogens with two attached hydrogens (primary N) is 1. The average Bonchev–Trinajstić information content (AvgIpc) is 2.49. The highest BCUT2D eigenvalue weighted by Gasteiger charge is 2.17. The second-order valence-electron chi connectivity index (χ2n) is 5.52. The predicted octanol–water partition coefficient (Wildman–Crippen LogP) is 3.65. The standard InChI is InChI=1S/C18H22N2/c19-17-11-4-12-18-16(17)10-6-14-20(18)13-5-9-15-7-2-1-3-8-15/h1-4,7-8,11-12H,5-6,9-10,13-14,19H2. The van der Waals surface area contributed by atoms with Crippen molar-refractivity contribution in [2.45, 2.75) is 25.7 Å². The van der Waals surface area contributed by atoms with E-state index in [4.69, 9.17) is 5.73 Å². The van der Waals surface area contributed by atoms with Crippen molar-refractivity contribution in [1.82, 2.24) is 0 Å². The average molecular weight is 266 g/mol. The van der Waals surface area contributed by atoms with Gasteiger partial charge in [-0.15, -0.1) is 0 Å². The van der Waals surface area contributed by atoms with Crippen LogP contribution < -0.4 is 10.6 Å². The molecule has 20 heavy (non-hydrogen) atoms. The molecule has 0 unspecified atom stereocenters. The molecule has 0 saturated carbocycles. The molecule has 0 aromatic heterocycles. The summed E-state index contributed by atoms with van der Waals surface area (Å²) < 4.78 is 0. The van der Waals surface area contributed by atoms with E-state index in [1.165, 1.54) is 29.7 Å². The van der Waals surface area contributed by atoms with Gasteiger partial charge in [0.25, 0.3) is 0 Å². The molecule has 3 rings (SSSR count). The normalized spacial score (nSPS) is 14.1. The lowest BCUT2D eigenvalue weighted by molar-refractivity contribution is 0.665. The summed E-state index contributed by atoms with van der Waals surface area (Å²) in [4.78, 5) is 2.50. The first-order valence-corrected chi connectivity index (χ1v) is 7.51. The van der Waals surface area contributed by atoms with Gasteiger partial charge in [-0.2, -0.15) is 0 Å². The molecule has 1 heterocycles. The highest BCUT2D eigenvalue weighted by molar-refractivity contribution is 5.66. The molecule has 2 heteroatoms. The lowest BCUT2D eigenvalue weighted by atomic mass is 9.99. The van der Waals surface area contributed by atoms with Crippen LogP contribution in [-0.4, -0.2) is 13.1 Å². The zero-order chi connectivity index (χ0) is 13.8. The number of aryl methyl sites for hydroxylation is 1. The summed E-state index contributed by atoms with van der Waals surface area (Å²) in [6.45, 7) is 2.27. The van der Waals surface area contributed by atoms with Crippen LogP contribution in [0.25, 0.3) is 0 Å². The predicted molar refractivity (Wildman–Crippen MR) is 86.2 cm³/mol. The maximum absolute atomic E-state index is 6.10. The van der Waals surface area contributed by atoms with Crippen LogP contribution >= 0.6 is 0 Å². The van der Waals surface area contributed by atoms with Crippen LogP contribution in [0.5, 0.6) is 0 Å². The third-order valence-corrected chi connectivity index (χ3v) is 4.12. The number of nitrogens with zero attached hydrogens (tertiary/aromatic N) is 1. The summed E-state index contributed by atoms with van der Waals surface area (Å²) in [7, 11) is 0. The molecule has 2 N–H and O–H groups in total. The van der Waals surface area contributed by atoms with Gasteiger partial charge in [-0.3, -0.25) is 0 Å². The van der Waals surface area contributed by atoms with E-state index >= 15 is 0 Å². The molecular weight excluding hydrogens is 244 g/mol. The molecule has 0 atom stereocenters. The molecule has 0 saturated heterocycles. The Morgan fingerprint density at radius 3 is 2.70 bits per heavy atom. The second-order valence-corrected chi connectivity index (χ2v) is 5.52. The summed E-state index contributed by atoms with van der Waals surface area (Å²) in [5, 5.41) is 0. The van der Waals surface area contributed by atoms with E-state index in [1.54, 1.807) is 0 Å². The Hall–Kier alpha value is -1.96. The largest absolute Gasteiger partial charge is 0.398 e. The minimum Gasteiger partial charge on any atom is -0.398 e. The van der Waals surface area contributed by atoms with Crippen LogP contribution in [0, 0.1) is 0 Å². The molecule has 2 aromatic carbocycles. The quantitative estimate of drug-likeness (QED) is 0.856. The first kappa shape index (κ1) is 13.0. The molecule has 0 radical (unpaired) electrons. The van der Waals surface area contributed by atoms with Crippen LogP contribution in [0.1, 0.15) is 24.0 Å². The van der Waals surface area contributed by atoms with Crippen molar-refractivity contribution in [1.29, 1.82) is 0 Å². The minimum atomic E-state index is 0.954. The van der Waals surface area contributed by atoms with Crippen LogP contribution in [0.3, 0.4) is 0 Å². The third-order valence-electron chi connectivity index (χ3n) is 4.12. The van der Waals surface area contributed by atoms with Gasteiger partial charge >= 0.3 is 0 Å². The minimum absolute atomic E-state index is 0.954. The van der Waals surface area contributed by atoms with E-state index in [0.29, 0.717) is 0 Å². The highest BCUT2D eigenvalue weighted by Crippen LogP contribution is 2.31. The van der Waals surface area contributed by atoms with Crippen LogP contribution in [-0.2, 0) is 12.8 Å². The maximum atomic E-state index is 6.10. The van der Waals surface area contributed by atoms with Gasteiger partial charge in [0.1, 0.15) is 0 Å². The number of fused-ring (bicyclic) bond motifs is 1. The van der Waals surface area contributed by atoms with E-state index < -0.39 is 0 Å². The van der Waals surface area contributed by atoms with E-state index in [9.17, 15) is 0 Å². The summed E-state index contributed by atoms with van der Waals surface area (Å²) in [6.07, 6.45) is 4.68. The number of nitrogen functional groups attached to an aromatic ring is 1. The Bertz CT molecular complexity index is 563. The van der Waals surface area contributed by atoms with Crippen molar-refractivity contribution >= 4 is 11.4 Å². The molecule has 104 valence electrons. The van der Waals surface area contributed by atoms with Crippen LogP contribution in [0.4, 0.5) is 11.4 Å². The molecule has 0 bridgehead atoms. The van der Waals surface area contributed by atoms with Gasteiger partial charge in [-0.1, -0.05) is 36.4 Å². The Kier molecular flexibility index (Phi) is 3.91. The number of anilines is 2. The van der Waals surface area contributed by atoms with Crippen LogP contribution in [0.2, 0.25) is 0 Å². The number of hydrogen-bond donors (Lipinski definition) is 1. The van der Waals surface area contributed by atoms with Gasteiger partial charge in [0, 0.05) is 24.5 Å². The topological polar surface area (TPSA) is 29.3 Å². The van der Waals surface area contributed by atoms with Crippen molar-refractivity contribution < 1.29 is 0 Å². The molecule has 0 fully saturated rings. The van der Waals surface area contributed by atoms with Gasteiger partial charge < -0.3 is 10.6 Å². The SMILES string of the molecule is Nc1cccc2c1CCCN2CCCc1ccccc1. The van der Waals surface area contributed by atoms with E-state index in [0.717, 1.165) is 31.6 Å². The van der Waals surface area contributed by atoms with Gasteiger partial charge in [-0.05, 0) is 48.9 Å². The molecular formula is C18H22N2. The van der Waals surface area contributed by atoms with Crippen molar-refractivity contribution in [3.63, 3.8) is 0 Å². The van der Waals surface area contributed by atoms with Gasteiger partial charge in [-0.25, -0.2) is 0 Å². The summed E-state index contributed by atoms with van der Waals surface area (Å²) in [5.74, 6) is 0. The van der Waals surface area contributed by atoms with Crippen molar-refractivity contribution in [2.24, 2.45) is 0 Å². The number of benzene rings is 2. The first-order valence-electron chi connectivity index (χ1n) is 7.51. The summed E-state index contributed by atoms with van der Waals surface area (Å²) in [6, 6.07) is 17.0. The summed E-state index contributed by atoms with van der Waals surface area (Å²) in [5.41, 5.74) is 11.2. The fourth-order valence-corrected chi connectivity index (χ4v) is 3.08. The monoisotopic (exact) mass is 266 g/mol. The van der Waals surface area contributed by atoms with Crippen molar-refractivity contribution in [3.05, 3.63) is 59.7 Å². The Labute approximate surface area is 121 Å². The lowest BCUT2D eigenvalue weighted by Crippen LogP contribution is -2.30. The second kappa shape index (κ2) is 6.00. The Morgan fingerprint density at radius 2 is 1.85 bits per heavy atom.